The molecule has 0 amide bonds. The van der Waals surface area contributed by atoms with Crippen LogP contribution in [0.2, 0.25) is 0 Å². The molecule has 4 N–H and O–H groups in total. The second-order valence-corrected chi connectivity index (χ2v) is 19.7. The second kappa shape index (κ2) is 15.5. The first-order valence-electron chi connectivity index (χ1n) is 16.3. The number of carboxylic acids is 4. The van der Waals surface area contributed by atoms with Gasteiger partial charge >= 0.3 is 23.9 Å². The highest BCUT2D eigenvalue weighted by atomic mass is 32.1. The van der Waals surface area contributed by atoms with Crippen LogP contribution in [0, 0.1) is 20.8 Å². The molecule has 7 aromatic heterocycles. The molecule has 0 aromatic carbocycles. The highest BCUT2D eigenvalue weighted by Crippen LogP contribution is 2.51. The summed E-state index contributed by atoms with van der Waals surface area (Å²) in [5.74, 6) is -3.64. The average Bonchev–Trinajstić information content (AvgIpc) is 3.92. The number of carbonyl (C=O) groups is 4. The van der Waals surface area contributed by atoms with Crippen LogP contribution < -0.4 is 0 Å². The standard InChI is InChI=1S/C39H30O8S7/c1-17-8-24(25-11-23(16-32(46)47)39(51-25)35-19(3)9-26(52-35)36-20(4-6-48-36)13-29(40)41)50-33(17)28-12-22(15-31(44)45)37(54-28)27-10-18(2)34(53-27)38-21(5-7-49-38)14-30(42)43/h4-12H,13-16H2,1-3H3,(H,40,41)(H,42,43)(H,44,45)(H,46,47). The molecule has 0 atom stereocenters. The Morgan fingerprint density at radius 2 is 0.759 bits per heavy atom. The van der Waals surface area contributed by atoms with Gasteiger partial charge in [0.1, 0.15) is 0 Å². The van der Waals surface area contributed by atoms with Gasteiger partial charge < -0.3 is 20.4 Å². The molecule has 0 saturated heterocycles. The summed E-state index contributed by atoms with van der Waals surface area (Å²) in [7, 11) is 0. The third-order valence-electron chi connectivity index (χ3n) is 8.56. The lowest BCUT2D eigenvalue weighted by Gasteiger charge is -2.00. The zero-order valence-corrected chi connectivity index (χ0v) is 34.5. The number of aliphatic carboxylic acids is 4. The maximum Gasteiger partial charge on any atom is 0.307 e. The van der Waals surface area contributed by atoms with Gasteiger partial charge in [-0.05, 0) is 113 Å². The summed E-state index contributed by atoms with van der Waals surface area (Å²) in [6.07, 6.45) is -0.421. The molecule has 0 fully saturated rings. The number of hydrogen-bond acceptors (Lipinski definition) is 11. The van der Waals surface area contributed by atoms with E-state index < -0.39 is 23.9 Å². The van der Waals surface area contributed by atoms with E-state index >= 15 is 0 Å². The second-order valence-electron chi connectivity index (χ2n) is 12.6. The van der Waals surface area contributed by atoms with Gasteiger partial charge in [-0.25, -0.2) is 0 Å². The molecule has 0 bridgehead atoms. The van der Waals surface area contributed by atoms with Crippen molar-refractivity contribution in [2.75, 3.05) is 0 Å². The van der Waals surface area contributed by atoms with Crippen LogP contribution in [0.1, 0.15) is 38.9 Å². The summed E-state index contributed by atoms with van der Waals surface area (Å²) >= 11 is 10.8. The van der Waals surface area contributed by atoms with Crippen molar-refractivity contribution in [2.45, 2.75) is 46.5 Å². The van der Waals surface area contributed by atoms with Crippen molar-refractivity contribution in [3.05, 3.63) is 92.2 Å². The molecule has 0 saturated carbocycles. The van der Waals surface area contributed by atoms with Crippen molar-refractivity contribution in [3.63, 3.8) is 0 Å². The fraction of sp³-hybridized carbons (Fsp3) is 0.179. The molecule has 7 aromatic rings. The van der Waals surface area contributed by atoms with Crippen LogP contribution in [0.4, 0.5) is 0 Å². The van der Waals surface area contributed by atoms with Gasteiger partial charge in [0.25, 0.3) is 0 Å². The Morgan fingerprint density at radius 1 is 0.407 bits per heavy atom. The van der Waals surface area contributed by atoms with Crippen LogP contribution in [0.5, 0.6) is 0 Å². The number of rotatable bonds is 14. The molecule has 15 heteroatoms. The quantitative estimate of drug-likeness (QED) is 0.0845. The van der Waals surface area contributed by atoms with E-state index in [1.807, 2.05) is 61.9 Å². The Labute approximate surface area is 337 Å². The SMILES string of the molecule is Cc1cc(-c2cc(CC(=O)O)c(-c3sc(-c4sccc4CC(=O)O)cc3C)s2)sc1-c1cc(CC(=O)O)c(-c2cc(C)c(-c3sccc3CC(=O)O)s2)s1. The summed E-state index contributed by atoms with van der Waals surface area (Å²) in [5, 5.41) is 42.3. The highest BCUT2D eigenvalue weighted by molar-refractivity contribution is 7.31. The lowest BCUT2D eigenvalue weighted by Crippen LogP contribution is -1.99. The van der Waals surface area contributed by atoms with Gasteiger partial charge in [-0.3, -0.25) is 19.2 Å². The Kier molecular flexibility index (Phi) is 10.9. The maximum absolute atomic E-state index is 12.0. The molecule has 276 valence electrons. The van der Waals surface area contributed by atoms with E-state index in [2.05, 4.69) is 12.1 Å². The number of hydrogen-bond donors (Lipinski definition) is 4. The average molecular weight is 851 g/mol. The molecule has 7 rings (SSSR count). The van der Waals surface area contributed by atoms with E-state index in [-0.39, 0.29) is 25.7 Å². The fourth-order valence-corrected chi connectivity index (χ4v) is 15.0. The van der Waals surface area contributed by atoms with Crippen molar-refractivity contribution in [1.29, 1.82) is 0 Å². The molecular formula is C39H30O8S7. The topological polar surface area (TPSA) is 149 Å². The van der Waals surface area contributed by atoms with Gasteiger partial charge in [-0.15, -0.1) is 79.4 Å². The molecule has 8 nitrogen and oxygen atoms in total. The van der Waals surface area contributed by atoms with Gasteiger partial charge in [-0.1, -0.05) is 0 Å². The molecule has 0 spiro atoms. The lowest BCUT2D eigenvalue weighted by atomic mass is 10.1. The molecule has 0 aliphatic rings. The first-order chi connectivity index (χ1) is 25.7. The molecule has 0 aliphatic carbocycles. The van der Waals surface area contributed by atoms with Crippen molar-refractivity contribution < 1.29 is 39.6 Å². The predicted octanol–water partition coefficient (Wildman–Crippen LogP) is 11.6. The molecule has 0 radical (unpaired) electrons. The molecular weight excluding hydrogens is 821 g/mol. The summed E-state index contributed by atoms with van der Waals surface area (Å²) in [4.78, 5) is 58.3. The Balaban J connectivity index is 1.25. The zero-order valence-electron chi connectivity index (χ0n) is 28.8. The smallest absolute Gasteiger partial charge is 0.307 e. The number of aryl methyl sites for hydroxylation is 3. The Morgan fingerprint density at radius 3 is 1.35 bits per heavy atom. The van der Waals surface area contributed by atoms with Gasteiger partial charge in [0.05, 0.1) is 25.7 Å². The minimum atomic E-state index is -0.930. The van der Waals surface area contributed by atoms with E-state index in [0.29, 0.717) is 11.1 Å². The van der Waals surface area contributed by atoms with E-state index in [0.717, 1.165) is 86.3 Å². The highest BCUT2D eigenvalue weighted by Gasteiger charge is 2.25. The van der Waals surface area contributed by atoms with Crippen molar-refractivity contribution in [2.24, 2.45) is 0 Å². The van der Waals surface area contributed by atoms with E-state index in [1.54, 1.807) is 56.7 Å². The van der Waals surface area contributed by atoms with Gasteiger partial charge in [-0.2, -0.15) is 0 Å². The van der Waals surface area contributed by atoms with E-state index in [4.69, 9.17) is 0 Å². The summed E-state index contributed by atoms with van der Waals surface area (Å²) in [5.41, 5.74) is 5.96. The Hall–Kier alpha value is -4.22. The van der Waals surface area contributed by atoms with Crippen LogP contribution in [0.3, 0.4) is 0 Å². The lowest BCUT2D eigenvalue weighted by molar-refractivity contribution is -0.137. The van der Waals surface area contributed by atoms with E-state index in [1.165, 1.54) is 22.7 Å². The van der Waals surface area contributed by atoms with E-state index in [9.17, 15) is 39.6 Å². The van der Waals surface area contributed by atoms with Crippen molar-refractivity contribution in [3.8, 4) is 58.5 Å². The van der Waals surface area contributed by atoms with Gasteiger partial charge in [0, 0.05) is 58.5 Å². The van der Waals surface area contributed by atoms with Crippen LogP contribution in [-0.2, 0) is 44.9 Å². The normalized spacial score (nSPS) is 11.4. The molecule has 0 aliphatic heterocycles. The predicted molar refractivity (Wildman–Crippen MR) is 224 cm³/mol. The van der Waals surface area contributed by atoms with Crippen molar-refractivity contribution >= 4 is 103 Å². The van der Waals surface area contributed by atoms with Crippen LogP contribution in [-0.4, -0.2) is 44.3 Å². The van der Waals surface area contributed by atoms with Crippen LogP contribution in [0.25, 0.3) is 58.5 Å². The fourth-order valence-electron chi connectivity index (χ4n) is 6.26. The van der Waals surface area contributed by atoms with Crippen molar-refractivity contribution in [1.82, 2.24) is 0 Å². The van der Waals surface area contributed by atoms with Crippen LogP contribution in [0.15, 0.2) is 53.2 Å². The third-order valence-corrected chi connectivity index (χ3v) is 17.6. The minimum absolute atomic E-state index is 0.0685. The monoisotopic (exact) mass is 850 g/mol. The largest absolute Gasteiger partial charge is 0.481 e. The Bertz CT molecular complexity index is 2580. The first-order valence-corrected chi connectivity index (χ1v) is 22.2. The minimum Gasteiger partial charge on any atom is -0.481 e. The number of carboxylic acid groups (broad SMARTS) is 4. The zero-order chi connectivity index (χ0) is 38.4. The summed E-state index contributed by atoms with van der Waals surface area (Å²) in [6, 6.07) is 13.8. The summed E-state index contributed by atoms with van der Waals surface area (Å²) in [6.45, 7) is 6.01. The van der Waals surface area contributed by atoms with Crippen LogP contribution >= 0.6 is 79.4 Å². The summed E-state index contributed by atoms with van der Waals surface area (Å²) < 4.78 is 0. The first kappa shape index (κ1) is 38.1. The molecule has 0 unspecified atom stereocenters. The molecule has 7 heterocycles. The molecule has 54 heavy (non-hydrogen) atoms. The number of thiophene rings is 7. The van der Waals surface area contributed by atoms with Gasteiger partial charge in [0.15, 0.2) is 0 Å². The maximum atomic E-state index is 12.0. The third kappa shape index (κ3) is 7.80. The van der Waals surface area contributed by atoms with Gasteiger partial charge in [0.2, 0.25) is 0 Å².